The highest BCUT2D eigenvalue weighted by molar-refractivity contribution is 8.45. The van der Waals surface area contributed by atoms with Crippen LogP contribution in [0.25, 0.3) is 30.0 Å². The zero-order chi connectivity index (χ0) is 29.3. The van der Waals surface area contributed by atoms with E-state index in [2.05, 4.69) is 85.9 Å². The van der Waals surface area contributed by atoms with Crippen LogP contribution in [-0.2, 0) is 0 Å². The molecule has 0 spiro atoms. The third kappa shape index (κ3) is 7.89. The molecule has 224 valence electrons. The maximum absolute atomic E-state index is 6.35. The second-order valence-electron chi connectivity index (χ2n) is 10.3. The van der Waals surface area contributed by atoms with Crippen molar-refractivity contribution in [2.24, 2.45) is 0 Å². The smallest absolute Gasteiger partial charge is 0.0660 e. The number of unbranched alkanes of at least 4 members (excludes halogenated alkanes) is 6. The largest absolute Gasteiger partial charge is 0.121 e. The van der Waals surface area contributed by atoms with Crippen molar-refractivity contribution in [3.63, 3.8) is 0 Å². The van der Waals surface area contributed by atoms with Crippen LogP contribution in [0.3, 0.4) is 0 Å². The van der Waals surface area contributed by atoms with Gasteiger partial charge in [-0.25, -0.2) is 0 Å². The molecule has 0 amide bonds. The summed E-state index contributed by atoms with van der Waals surface area (Å²) in [6.07, 6.45) is 10.5. The predicted octanol–water partition coefficient (Wildman–Crippen LogP) is 12.5. The molecule has 8 heteroatoms. The van der Waals surface area contributed by atoms with E-state index in [-0.39, 0.29) is 0 Å². The van der Waals surface area contributed by atoms with E-state index in [1.807, 2.05) is 23.5 Å². The molecule has 5 rings (SSSR count). The van der Waals surface area contributed by atoms with Gasteiger partial charge in [-0.1, -0.05) is 148 Å². The zero-order valence-electron chi connectivity index (χ0n) is 24.3. The van der Waals surface area contributed by atoms with E-state index in [0.29, 0.717) is 11.8 Å². The van der Waals surface area contributed by atoms with Gasteiger partial charge in [-0.15, -0.1) is 46.7 Å². The summed E-state index contributed by atoms with van der Waals surface area (Å²) in [6, 6.07) is 18.0. The molecule has 0 saturated carbocycles. The van der Waals surface area contributed by atoms with Gasteiger partial charge in [0, 0.05) is 20.2 Å². The van der Waals surface area contributed by atoms with Crippen molar-refractivity contribution in [3.8, 4) is 0 Å². The highest BCUT2D eigenvalue weighted by atomic mass is 35.5. The number of fused-ring (bicyclic) bond motifs is 2. The lowest BCUT2D eigenvalue weighted by Gasteiger charge is -2.11. The molecule has 2 heterocycles. The lowest BCUT2D eigenvalue weighted by atomic mass is 9.99. The molecule has 0 atom stereocenters. The maximum Gasteiger partial charge on any atom is 0.0660 e. The monoisotopic (exact) mass is 708 g/mol. The second-order valence-corrected chi connectivity index (χ2v) is 18.4. The van der Waals surface area contributed by atoms with Crippen LogP contribution >= 0.6 is 93.8 Å². The Morgan fingerprint density at radius 2 is 0.905 bits per heavy atom. The summed E-state index contributed by atoms with van der Waals surface area (Å²) >= 11 is 24.5. The van der Waals surface area contributed by atoms with Gasteiger partial charge in [0.2, 0.25) is 0 Å². The minimum Gasteiger partial charge on any atom is -0.121 e. The average Bonchev–Trinajstić information content (AvgIpc) is 3.63. The molecule has 0 bridgehead atoms. The quantitative estimate of drug-likeness (QED) is 0.0922. The SMILES string of the molecule is CCCCCCSC1=C(SCCCCCC)SC(=c2c3ccccc3c(=C3SC(CCl)=C(CCl)S3)c3ccccc23)S1. The van der Waals surface area contributed by atoms with E-state index in [4.69, 9.17) is 23.2 Å². The normalized spacial score (nSPS) is 15.8. The van der Waals surface area contributed by atoms with Gasteiger partial charge in [-0.05, 0) is 45.9 Å². The number of hydrogen-bond acceptors (Lipinski definition) is 6. The third-order valence-electron chi connectivity index (χ3n) is 7.32. The number of hydrogen-bond donors (Lipinski definition) is 0. The van der Waals surface area contributed by atoms with E-state index in [1.54, 1.807) is 23.5 Å². The molecule has 3 aromatic rings. The van der Waals surface area contributed by atoms with E-state index in [1.165, 1.54) is 122 Å². The molecule has 0 saturated heterocycles. The Hall–Kier alpha value is 0.0800. The minimum atomic E-state index is 0.506. The number of alkyl halides is 2. The Balaban J connectivity index is 1.60. The average molecular weight is 710 g/mol. The van der Waals surface area contributed by atoms with Gasteiger partial charge in [0.05, 0.1) is 28.7 Å². The number of allylic oxidation sites excluding steroid dienone is 2. The lowest BCUT2D eigenvalue weighted by Crippen LogP contribution is -2.16. The first-order chi connectivity index (χ1) is 20.7. The summed E-state index contributed by atoms with van der Waals surface area (Å²) in [5.41, 5.74) is 0. The second kappa shape index (κ2) is 17.1. The molecule has 0 nitrogen and oxygen atoms in total. The van der Waals surface area contributed by atoms with Crippen molar-refractivity contribution < 1.29 is 0 Å². The Labute approximate surface area is 287 Å². The first kappa shape index (κ1) is 33.4. The van der Waals surface area contributed by atoms with Gasteiger partial charge >= 0.3 is 0 Å². The topological polar surface area (TPSA) is 0 Å². The molecule has 0 aliphatic carbocycles. The van der Waals surface area contributed by atoms with Crippen molar-refractivity contribution in [1.82, 2.24) is 0 Å². The fraction of sp³-hybridized carbons (Fsp3) is 0.412. The summed E-state index contributed by atoms with van der Waals surface area (Å²) in [5.74, 6) is 3.43. The van der Waals surface area contributed by atoms with Gasteiger partial charge in [0.15, 0.2) is 0 Å². The minimum absolute atomic E-state index is 0.506. The summed E-state index contributed by atoms with van der Waals surface area (Å²) in [7, 11) is 0. The highest BCUT2D eigenvalue weighted by Crippen LogP contribution is 2.58. The molecule has 2 aliphatic rings. The predicted molar refractivity (Wildman–Crippen MR) is 207 cm³/mol. The van der Waals surface area contributed by atoms with E-state index >= 15 is 0 Å². The van der Waals surface area contributed by atoms with E-state index in [0.717, 1.165) is 0 Å². The van der Waals surface area contributed by atoms with Crippen LogP contribution in [0.15, 0.2) is 66.8 Å². The van der Waals surface area contributed by atoms with Crippen LogP contribution in [0.1, 0.15) is 65.2 Å². The van der Waals surface area contributed by atoms with Crippen molar-refractivity contribution in [2.75, 3.05) is 23.3 Å². The van der Waals surface area contributed by atoms with Gasteiger partial charge in [0.1, 0.15) is 0 Å². The molecule has 0 radical (unpaired) electrons. The van der Waals surface area contributed by atoms with Gasteiger partial charge in [0.25, 0.3) is 0 Å². The number of benzene rings is 3. The molecular weight excluding hydrogens is 672 g/mol. The molecule has 2 aliphatic heterocycles. The number of halogens is 2. The van der Waals surface area contributed by atoms with Crippen LogP contribution in [0, 0.1) is 0 Å². The molecule has 0 fully saturated rings. The van der Waals surface area contributed by atoms with E-state index in [9.17, 15) is 0 Å². The van der Waals surface area contributed by atoms with Crippen LogP contribution < -0.4 is 10.4 Å². The Morgan fingerprint density at radius 1 is 0.524 bits per heavy atom. The van der Waals surface area contributed by atoms with Gasteiger partial charge < -0.3 is 0 Å². The van der Waals surface area contributed by atoms with Gasteiger partial charge in [-0.3, -0.25) is 0 Å². The maximum atomic E-state index is 6.35. The van der Waals surface area contributed by atoms with Crippen molar-refractivity contribution in [2.45, 2.75) is 65.2 Å². The molecular formula is C34H38Cl2S6. The Kier molecular flexibility index (Phi) is 13.6. The van der Waals surface area contributed by atoms with Crippen molar-refractivity contribution >= 4 is 124 Å². The van der Waals surface area contributed by atoms with Crippen LogP contribution in [0.4, 0.5) is 0 Å². The van der Waals surface area contributed by atoms with E-state index < -0.39 is 0 Å². The van der Waals surface area contributed by atoms with Crippen molar-refractivity contribution in [3.05, 3.63) is 77.3 Å². The summed E-state index contributed by atoms with van der Waals surface area (Å²) < 4.78 is 5.76. The van der Waals surface area contributed by atoms with Crippen LogP contribution in [-0.4, -0.2) is 23.3 Å². The van der Waals surface area contributed by atoms with Crippen LogP contribution in [0.2, 0.25) is 0 Å². The molecule has 42 heavy (non-hydrogen) atoms. The summed E-state index contributed by atoms with van der Waals surface area (Å²) in [4.78, 5) is 2.37. The summed E-state index contributed by atoms with van der Waals surface area (Å²) in [6.45, 7) is 4.58. The molecule has 3 aromatic carbocycles. The third-order valence-corrected chi connectivity index (χ3v) is 16.6. The summed E-state index contributed by atoms with van der Waals surface area (Å²) in [5, 5.41) is 8.01. The number of rotatable bonds is 14. The lowest BCUT2D eigenvalue weighted by molar-refractivity contribution is 0.707. The number of thioether (sulfide) groups is 6. The van der Waals surface area contributed by atoms with Crippen LogP contribution in [0.5, 0.6) is 0 Å². The fourth-order valence-corrected chi connectivity index (χ4v) is 14.7. The molecule has 0 N–H and O–H groups in total. The standard InChI is InChI=1S/C34H38Cl2S6/c1-3-5-7-13-19-37-33-34(38-20-14-8-6-4-2)42-32(41-33)30-25-17-11-9-15-23(25)29(24-16-10-12-18-26(24)30)31-39-27(21-35)28(22-36)40-31/h9-12,15-18H,3-8,13-14,19-22H2,1-2H3. The zero-order valence-corrected chi connectivity index (χ0v) is 30.7. The Bertz CT molecular complexity index is 1480. The fourth-order valence-electron chi connectivity index (χ4n) is 5.17. The Morgan fingerprint density at radius 3 is 1.26 bits per heavy atom. The first-order valence-corrected chi connectivity index (χ1v) is 21.2. The van der Waals surface area contributed by atoms with Gasteiger partial charge in [-0.2, -0.15) is 0 Å². The first-order valence-electron chi connectivity index (χ1n) is 14.9. The molecule has 0 aromatic heterocycles. The highest BCUT2D eigenvalue weighted by Gasteiger charge is 2.26. The molecule has 0 unspecified atom stereocenters. The van der Waals surface area contributed by atoms with Crippen molar-refractivity contribution in [1.29, 1.82) is 0 Å².